The number of para-hydroxylation sites is 1. The summed E-state index contributed by atoms with van der Waals surface area (Å²) in [5, 5.41) is 7.08. The molecule has 0 bridgehead atoms. The number of aromatic nitrogens is 2. The number of hydrogen-bond donors (Lipinski definition) is 3. The normalized spacial score (nSPS) is 10.9. The Labute approximate surface area is 197 Å². The number of halogens is 1. The third-order valence-corrected chi connectivity index (χ3v) is 5.50. The highest BCUT2D eigenvalue weighted by molar-refractivity contribution is 5.88. The number of nitrogens with zero attached hydrogens (tertiary/aromatic N) is 2. The first-order valence-electron chi connectivity index (χ1n) is 11.3. The van der Waals surface area contributed by atoms with Gasteiger partial charge in [-0.05, 0) is 61.2 Å². The Kier molecular flexibility index (Phi) is 7.27. The zero-order valence-electron chi connectivity index (χ0n) is 19.1. The number of aryl methyl sites for hydroxylation is 1. The smallest absolute Gasteiger partial charge is 0.411 e. The number of hydrogen-bond acceptors (Lipinski definition) is 5. The summed E-state index contributed by atoms with van der Waals surface area (Å²) in [6, 6.07) is 18.4. The molecule has 2 aromatic heterocycles. The van der Waals surface area contributed by atoms with E-state index >= 15 is 0 Å². The number of nitrogens with one attached hydrogen (secondary N) is 2. The van der Waals surface area contributed by atoms with Crippen molar-refractivity contribution in [2.75, 3.05) is 29.5 Å². The molecule has 1 amide bonds. The van der Waals surface area contributed by atoms with Crippen LogP contribution in [-0.2, 0) is 17.7 Å². The molecule has 4 aromatic rings. The van der Waals surface area contributed by atoms with Crippen LogP contribution in [-0.4, -0.2) is 28.8 Å². The summed E-state index contributed by atoms with van der Waals surface area (Å²) in [6.07, 6.45) is 3.41. The van der Waals surface area contributed by atoms with Crippen molar-refractivity contribution in [1.29, 1.82) is 0 Å². The molecular weight excluding hydrogens is 433 g/mol. The summed E-state index contributed by atoms with van der Waals surface area (Å²) in [7, 11) is 0. The SMILES string of the molecule is CCOC(=O)Nc1ccc(NCCCc2cn(Cc3ccc(F)cc3)c3ccccc23)nc1N. The number of amides is 1. The summed E-state index contributed by atoms with van der Waals surface area (Å²) in [5.74, 6) is 0.642. The minimum Gasteiger partial charge on any atom is -0.450 e. The fourth-order valence-electron chi connectivity index (χ4n) is 3.89. The number of nitrogens with two attached hydrogens (primary N) is 1. The summed E-state index contributed by atoms with van der Waals surface area (Å²) in [6.45, 7) is 3.42. The number of carbonyl (C=O) groups is 1. The lowest BCUT2D eigenvalue weighted by atomic mass is 10.1. The van der Waals surface area contributed by atoms with Gasteiger partial charge in [-0.3, -0.25) is 5.32 Å². The van der Waals surface area contributed by atoms with Crippen LogP contribution in [0, 0.1) is 5.82 Å². The second-order valence-electron chi connectivity index (χ2n) is 7.93. The van der Waals surface area contributed by atoms with Gasteiger partial charge < -0.3 is 20.4 Å². The molecule has 2 heterocycles. The molecule has 7 nitrogen and oxygen atoms in total. The Balaban J connectivity index is 1.36. The van der Waals surface area contributed by atoms with Gasteiger partial charge in [0.25, 0.3) is 0 Å². The van der Waals surface area contributed by atoms with Crippen molar-refractivity contribution in [2.24, 2.45) is 0 Å². The third-order valence-electron chi connectivity index (χ3n) is 5.50. The Morgan fingerprint density at radius 2 is 1.91 bits per heavy atom. The highest BCUT2D eigenvalue weighted by Gasteiger charge is 2.10. The van der Waals surface area contributed by atoms with Crippen LogP contribution >= 0.6 is 0 Å². The number of ether oxygens (including phenoxy) is 1. The van der Waals surface area contributed by atoms with E-state index in [1.807, 2.05) is 24.3 Å². The molecule has 0 aliphatic heterocycles. The summed E-state index contributed by atoms with van der Waals surface area (Å²) < 4.78 is 20.3. The molecule has 0 aliphatic carbocycles. The molecule has 0 fully saturated rings. The van der Waals surface area contributed by atoms with Crippen LogP contribution in [0.2, 0.25) is 0 Å². The maximum atomic E-state index is 13.3. The summed E-state index contributed by atoms with van der Waals surface area (Å²) in [5.41, 5.74) is 9.85. The van der Waals surface area contributed by atoms with Gasteiger partial charge in [-0.15, -0.1) is 0 Å². The number of fused-ring (bicyclic) bond motifs is 1. The monoisotopic (exact) mass is 461 g/mol. The Morgan fingerprint density at radius 3 is 2.68 bits per heavy atom. The number of nitrogen functional groups attached to an aromatic ring is 1. The average molecular weight is 462 g/mol. The van der Waals surface area contributed by atoms with Crippen LogP contribution in [0.1, 0.15) is 24.5 Å². The maximum Gasteiger partial charge on any atom is 0.411 e. The Hall–Kier alpha value is -4.07. The van der Waals surface area contributed by atoms with E-state index in [9.17, 15) is 9.18 Å². The van der Waals surface area contributed by atoms with E-state index in [4.69, 9.17) is 10.5 Å². The maximum absolute atomic E-state index is 13.3. The summed E-state index contributed by atoms with van der Waals surface area (Å²) >= 11 is 0. The van der Waals surface area contributed by atoms with Crippen LogP contribution in [0.15, 0.2) is 66.9 Å². The highest BCUT2D eigenvalue weighted by Crippen LogP contribution is 2.24. The molecule has 0 radical (unpaired) electrons. The molecule has 0 spiro atoms. The van der Waals surface area contributed by atoms with Gasteiger partial charge in [0.2, 0.25) is 0 Å². The van der Waals surface area contributed by atoms with Crippen molar-refractivity contribution in [3.05, 3.63) is 83.8 Å². The molecule has 0 unspecified atom stereocenters. The van der Waals surface area contributed by atoms with Gasteiger partial charge in [-0.25, -0.2) is 14.2 Å². The largest absolute Gasteiger partial charge is 0.450 e. The number of pyridine rings is 1. The molecule has 4 rings (SSSR count). The van der Waals surface area contributed by atoms with Crippen LogP contribution in [0.3, 0.4) is 0 Å². The van der Waals surface area contributed by atoms with Crippen molar-refractivity contribution in [3.8, 4) is 0 Å². The van der Waals surface area contributed by atoms with E-state index in [0.717, 1.165) is 23.9 Å². The van der Waals surface area contributed by atoms with Crippen LogP contribution < -0.4 is 16.4 Å². The predicted octanol–water partition coefficient (Wildman–Crippen LogP) is 5.42. The lowest BCUT2D eigenvalue weighted by Crippen LogP contribution is -2.15. The fourth-order valence-corrected chi connectivity index (χ4v) is 3.89. The van der Waals surface area contributed by atoms with Crippen LogP contribution in [0.4, 0.5) is 26.5 Å². The van der Waals surface area contributed by atoms with Gasteiger partial charge in [-0.2, -0.15) is 0 Å². The highest BCUT2D eigenvalue weighted by atomic mass is 19.1. The molecule has 34 heavy (non-hydrogen) atoms. The van der Waals surface area contributed by atoms with Crippen molar-refractivity contribution in [2.45, 2.75) is 26.3 Å². The minimum atomic E-state index is -0.560. The van der Waals surface area contributed by atoms with Gasteiger partial charge in [0.1, 0.15) is 17.5 Å². The lowest BCUT2D eigenvalue weighted by Gasteiger charge is -2.10. The molecule has 0 saturated heterocycles. The molecule has 0 atom stereocenters. The van der Waals surface area contributed by atoms with E-state index in [0.29, 0.717) is 24.6 Å². The summed E-state index contributed by atoms with van der Waals surface area (Å²) in [4.78, 5) is 15.9. The Morgan fingerprint density at radius 1 is 1.12 bits per heavy atom. The number of anilines is 3. The van der Waals surface area contributed by atoms with Crippen molar-refractivity contribution < 1.29 is 13.9 Å². The second-order valence-corrected chi connectivity index (χ2v) is 7.93. The van der Waals surface area contributed by atoms with Crippen LogP contribution in [0.5, 0.6) is 0 Å². The predicted molar refractivity (Wildman–Crippen MR) is 134 cm³/mol. The zero-order valence-corrected chi connectivity index (χ0v) is 19.1. The standard InChI is InChI=1S/C26H28FN5O2/c1-2-34-26(33)30-22-13-14-24(31-25(22)28)29-15-5-6-19-17-32(23-8-4-3-7-21(19)23)16-18-9-11-20(27)12-10-18/h3-4,7-14,17H,2,5-6,15-16H2,1H3,(H,30,33)(H3,28,29,31). The second kappa shape index (κ2) is 10.7. The number of carbonyl (C=O) groups excluding carboxylic acids is 1. The zero-order chi connectivity index (χ0) is 23.9. The quantitative estimate of drug-likeness (QED) is 0.289. The van der Waals surface area contributed by atoms with Crippen molar-refractivity contribution in [1.82, 2.24) is 9.55 Å². The van der Waals surface area contributed by atoms with E-state index in [1.165, 1.54) is 23.1 Å². The van der Waals surface area contributed by atoms with E-state index in [2.05, 4.69) is 38.5 Å². The molecule has 8 heteroatoms. The molecule has 0 aliphatic rings. The number of rotatable bonds is 9. The van der Waals surface area contributed by atoms with Gasteiger partial charge in [0, 0.05) is 30.2 Å². The van der Waals surface area contributed by atoms with E-state index in [-0.39, 0.29) is 18.2 Å². The molecule has 176 valence electrons. The third kappa shape index (κ3) is 5.64. The lowest BCUT2D eigenvalue weighted by molar-refractivity contribution is 0.168. The topological polar surface area (TPSA) is 94.2 Å². The van der Waals surface area contributed by atoms with Gasteiger partial charge in [0.15, 0.2) is 0 Å². The molecule has 0 saturated carbocycles. The molecule has 2 aromatic carbocycles. The fraction of sp³-hybridized carbons (Fsp3) is 0.231. The average Bonchev–Trinajstić information content (AvgIpc) is 3.17. The van der Waals surface area contributed by atoms with Crippen molar-refractivity contribution >= 4 is 34.3 Å². The van der Waals surface area contributed by atoms with E-state index in [1.54, 1.807) is 19.1 Å². The van der Waals surface area contributed by atoms with Gasteiger partial charge >= 0.3 is 6.09 Å². The molecule has 4 N–H and O–H groups in total. The van der Waals surface area contributed by atoms with Crippen LogP contribution in [0.25, 0.3) is 10.9 Å². The van der Waals surface area contributed by atoms with Crippen molar-refractivity contribution in [3.63, 3.8) is 0 Å². The first-order valence-corrected chi connectivity index (χ1v) is 11.3. The minimum absolute atomic E-state index is 0.224. The van der Waals surface area contributed by atoms with E-state index < -0.39 is 6.09 Å². The van der Waals surface area contributed by atoms with Gasteiger partial charge in [0.05, 0.1) is 12.3 Å². The Bertz CT molecular complexity index is 1270. The first-order chi connectivity index (χ1) is 16.5. The molecular formula is C26H28FN5O2. The first kappa shape index (κ1) is 23.1. The number of benzene rings is 2. The van der Waals surface area contributed by atoms with Gasteiger partial charge in [-0.1, -0.05) is 30.3 Å².